The van der Waals surface area contributed by atoms with Gasteiger partial charge in [-0.05, 0) is 48.0 Å². The molecule has 0 bridgehead atoms. The third-order valence-corrected chi connectivity index (χ3v) is 6.97. The fourth-order valence-electron chi connectivity index (χ4n) is 3.28. The Morgan fingerprint density at radius 3 is 2.41 bits per heavy atom. The quantitative estimate of drug-likeness (QED) is 0.439. The maximum atomic E-state index is 12.6. The van der Waals surface area contributed by atoms with Crippen LogP contribution < -0.4 is 9.73 Å². The smallest absolute Gasteiger partial charge is 0.242 e. The number of pyridine rings is 1. The van der Waals surface area contributed by atoms with E-state index in [2.05, 4.69) is 14.8 Å². The number of hydrogen-bond acceptors (Lipinski definition) is 5. The Bertz CT molecular complexity index is 1220. The summed E-state index contributed by atoms with van der Waals surface area (Å²) in [5.74, 6) is 0. The van der Waals surface area contributed by atoms with Crippen molar-refractivity contribution in [2.24, 2.45) is 5.10 Å². The summed E-state index contributed by atoms with van der Waals surface area (Å²) in [6, 6.07) is 15.5. The van der Waals surface area contributed by atoms with Gasteiger partial charge >= 0.3 is 0 Å². The van der Waals surface area contributed by atoms with E-state index >= 15 is 0 Å². The molecule has 0 amide bonds. The van der Waals surface area contributed by atoms with Gasteiger partial charge in [0.15, 0.2) is 0 Å². The molecule has 0 saturated heterocycles. The van der Waals surface area contributed by atoms with Crippen LogP contribution in [0.25, 0.3) is 0 Å². The van der Waals surface area contributed by atoms with E-state index in [0.717, 1.165) is 5.56 Å². The minimum absolute atomic E-state index is 0. The minimum Gasteiger partial charge on any atom is -0.263 e. The fraction of sp³-hybridized carbons (Fsp3) is 0.143. The van der Waals surface area contributed by atoms with Crippen molar-refractivity contribution in [3.8, 4) is 0 Å². The Kier molecular flexibility index (Phi) is 8.03. The molecule has 2 aromatic carbocycles. The van der Waals surface area contributed by atoms with Crippen molar-refractivity contribution in [1.82, 2.24) is 9.71 Å². The number of anilines is 1. The first kappa shape index (κ1) is 24.8. The highest BCUT2D eigenvalue weighted by atomic mass is 35.5. The van der Waals surface area contributed by atoms with Crippen molar-refractivity contribution in [1.29, 1.82) is 0 Å². The van der Waals surface area contributed by atoms with Crippen LogP contribution in [0, 0.1) is 0 Å². The lowest BCUT2D eigenvalue weighted by molar-refractivity contribution is 0.585. The molecule has 0 fully saturated rings. The molecule has 1 aliphatic rings. The van der Waals surface area contributed by atoms with Crippen molar-refractivity contribution in [2.75, 3.05) is 11.6 Å². The van der Waals surface area contributed by atoms with E-state index in [1.165, 1.54) is 18.5 Å². The number of sulfonamides is 1. The Morgan fingerprint density at radius 2 is 1.75 bits per heavy atom. The van der Waals surface area contributed by atoms with Crippen molar-refractivity contribution >= 4 is 68.6 Å². The molecule has 0 spiro atoms. The molecule has 0 radical (unpaired) electrons. The number of nitrogens with one attached hydrogen (secondary N) is 1. The predicted molar refractivity (Wildman–Crippen MR) is 132 cm³/mol. The largest absolute Gasteiger partial charge is 0.263 e. The molecule has 4 rings (SSSR count). The zero-order valence-electron chi connectivity index (χ0n) is 16.5. The summed E-state index contributed by atoms with van der Waals surface area (Å²) < 4.78 is 27.7. The maximum absolute atomic E-state index is 12.6. The summed E-state index contributed by atoms with van der Waals surface area (Å²) in [7, 11) is -3.70. The van der Waals surface area contributed by atoms with Gasteiger partial charge < -0.3 is 0 Å². The Balaban J connectivity index is 0.00000289. The zero-order valence-corrected chi connectivity index (χ0v) is 20.4. The average Bonchev–Trinajstić information content (AvgIpc) is 3.17. The lowest BCUT2D eigenvalue weighted by Gasteiger charge is -2.25. The molecule has 6 nitrogen and oxygen atoms in total. The predicted octanol–water partition coefficient (Wildman–Crippen LogP) is 5.75. The van der Waals surface area contributed by atoms with Crippen LogP contribution in [0.1, 0.15) is 18.0 Å². The molecule has 1 aromatic heterocycles. The normalized spacial score (nSPS) is 15.9. The number of halogens is 4. The van der Waals surface area contributed by atoms with E-state index in [-0.39, 0.29) is 29.9 Å². The number of aromatic nitrogens is 1. The van der Waals surface area contributed by atoms with Gasteiger partial charge in [0.25, 0.3) is 0 Å². The molecule has 1 N–H and O–H groups in total. The van der Waals surface area contributed by atoms with Crippen molar-refractivity contribution in [3.63, 3.8) is 0 Å². The molecule has 1 atom stereocenters. The molecule has 0 saturated carbocycles. The summed E-state index contributed by atoms with van der Waals surface area (Å²) in [6.07, 6.45) is 3.33. The van der Waals surface area contributed by atoms with E-state index in [1.54, 1.807) is 29.3 Å². The summed E-state index contributed by atoms with van der Waals surface area (Å²) >= 11 is 18.5. The van der Waals surface area contributed by atoms with Crippen LogP contribution >= 0.6 is 47.2 Å². The Morgan fingerprint density at radius 1 is 1.03 bits per heavy atom. The molecule has 32 heavy (non-hydrogen) atoms. The van der Waals surface area contributed by atoms with Crippen molar-refractivity contribution < 1.29 is 8.42 Å². The minimum atomic E-state index is -3.70. The monoisotopic (exact) mass is 530 g/mol. The second kappa shape index (κ2) is 10.4. The van der Waals surface area contributed by atoms with Gasteiger partial charge in [-0.15, -0.1) is 12.4 Å². The molecule has 11 heteroatoms. The van der Waals surface area contributed by atoms with Crippen LogP contribution in [0.2, 0.25) is 15.1 Å². The Labute approximate surface area is 207 Å². The highest BCUT2D eigenvalue weighted by Gasteiger charge is 2.31. The van der Waals surface area contributed by atoms with Gasteiger partial charge in [-0.2, -0.15) is 5.10 Å². The van der Waals surface area contributed by atoms with E-state index < -0.39 is 10.0 Å². The molecule has 168 valence electrons. The van der Waals surface area contributed by atoms with Crippen LogP contribution in [0.3, 0.4) is 0 Å². The number of hydrazone groups is 1. The standard InChI is InChI=1S/C21H17Cl3N4O2S.ClH/c22-15-5-3-14(4-6-15)21-11-17(12-26-31(29,30)18-2-1-9-25-13-18)27-28(21)20-8-7-16(23)10-19(20)24;/h1-10,13,21,26H,11-12H2;1H. The summed E-state index contributed by atoms with van der Waals surface area (Å²) in [6.45, 7) is 0.0586. The van der Waals surface area contributed by atoms with E-state index in [9.17, 15) is 8.42 Å². The van der Waals surface area contributed by atoms with Crippen LogP contribution in [0.4, 0.5) is 5.69 Å². The highest BCUT2D eigenvalue weighted by Crippen LogP contribution is 2.39. The van der Waals surface area contributed by atoms with Crippen LogP contribution in [0.15, 0.2) is 77.0 Å². The second-order valence-electron chi connectivity index (χ2n) is 6.89. The lowest BCUT2D eigenvalue weighted by atomic mass is 10.0. The van der Waals surface area contributed by atoms with Crippen LogP contribution in [0.5, 0.6) is 0 Å². The molecule has 2 heterocycles. The van der Waals surface area contributed by atoms with Crippen LogP contribution in [-0.2, 0) is 10.0 Å². The molecule has 3 aromatic rings. The maximum Gasteiger partial charge on any atom is 0.242 e. The zero-order chi connectivity index (χ0) is 22.0. The van der Waals surface area contributed by atoms with Gasteiger partial charge in [0.2, 0.25) is 10.0 Å². The second-order valence-corrected chi connectivity index (χ2v) is 9.94. The third-order valence-electron chi connectivity index (χ3n) is 4.80. The van der Waals surface area contributed by atoms with Gasteiger partial charge in [-0.25, -0.2) is 13.1 Å². The van der Waals surface area contributed by atoms with Gasteiger partial charge in [0.05, 0.1) is 29.0 Å². The highest BCUT2D eigenvalue weighted by molar-refractivity contribution is 7.89. The lowest BCUT2D eigenvalue weighted by Crippen LogP contribution is -2.29. The number of rotatable bonds is 6. The number of nitrogens with zero attached hydrogens (tertiary/aromatic N) is 3. The molecule has 1 aliphatic heterocycles. The molecule has 0 aliphatic carbocycles. The summed E-state index contributed by atoms with van der Waals surface area (Å²) in [5, 5.41) is 8.06. The first-order chi connectivity index (χ1) is 14.8. The summed E-state index contributed by atoms with van der Waals surface area (Å²) in [4.78, 5) is 3.96. The van der Waals surface area contributed by atoms with Crippen molar-refractivity contribution in [2.45, 2.75) is 17.4 Å². The first-order valence-electron chi connectivity index (χ1n) is 9.29. The first-order valence-corrected chi connectivity index (χ1v) is 11.9. The van der Waals surface area contributed by atoms with Gasteiger partial charge in [0, 0.05) is 28.9 Å². The fourth-order valence-corrected chi connectivity index (χ4v) is 4.88. The van der Waals surface area contributed by atoms with Gasteiger partial charge in [-0.3, -0.25) is 9.99 Å². The Hall–Kier alpha value is -1.87. The number of hydrogen-bond donors (Lipinski definition) is 1. The SMILES string of the molecule is Cl.O=S(=O)(NCC1=NN(c2ccc(Cl)cc2Cl)C(c2ccc(Cl)cc2)C1)c1cccnc1. The summed E-state index contributed by atoms with van der Waals surface area (Å²) in [5.41, 5.74) is 2.32. The van der Waals surface area contributed by atoms with Crippen molar-refractivity contribution in [3.05, 3.63) is 87.6 Å². The average molecular weight is 532 g/mol. The van der Waals surface area contributed by atoms with Gasteiger partial charge in [-0.1, -0.05) is 46.9 Å². The molecular formula is C21H18Cl4N4O2S. The van der Waals surface area contributed by atoms with Crippen LogP contribution in [-0.4, -0.2) is 25.7 Å². The van der Waals surface area contributed by atoms with Gasteiger partial charge in [0.1, 0.15) is 4.90 Å². The number of benzene rings is 2. The van der Waals surface area contributed by atoms with E-state index in [4.69, 9.17) is 34.8 Å². The topological polar surface area (TPSA) is 74.7 Å². The third kappa shape index (κ3) is 5.54. The molecule has 1 unspecified atom stereocenters. The van der Waals surface area contributed by atoms with E-state index in [0.29, 0.717) is 32.9 Å². The molecular weight excluding hydrogens is 514 g/mol. The van der Waals surface area contributed by atoms with E-state index in [1.807, 2.05) is 24.3 Å².